The van der Waals surface area contributed by atoms with Crippen LogP contribution in [0.1, 0.15) is 11.3 Å². The van der Waals surface area contributed by atoms with E-state index in [-0.39, 0.29) is 0 Å². The number of fused-ring (bicyclic) bond motifs is 1. The fourth-order valence-corrected chi connectivity index (χ4v) is 1.40. The fraction of sp³-hybridized carbons (Fsp3) is 0.231. The number of nitrogens with zero attached hydrogens (tertiary/aromatic N) is 2. The molecule has 0 saturated heterocycles. The summed E-state index contributed by atoms with van der Waals surface area (Å²) in [5, 5.41) is 3.13. The van der Waals surface area contributed by atoms with Gasteiger partial charge in [-0.3, -0.25) is 0 Å². The molecule has 0 radical (unpaired) electrons. The molecule has 0 unspecified atom stereocenters. The van der Waals surface area contributed by atoms with Crippen LogP contribution in [-0.2, 0) is 11.3 Å². The molecule has 1 aliphatic heterocycles. The second kappa shape index (κ2) is 5.41. The average Bonchev–Trinajstić information content (AvgIpc) is 3.10. The third kappa shape index (κ3) is 3.53. The molecule has 1 aromatic carbocycles. The van der Waals surface area contributed by atoms with E-state index in [4.69, 9.17) is 4.74 Å². The van der Waals surface area contributed by atoms with E-state index >= 15 is 0 Å². The lowest BCUT2D eigenvalue weighted by Crippen LogP contribution is -1.83. The van der Waals surface area contributed by atoms with Gasteiger partial charge in [-0.2, -0.15) is 0 Å². The second-order valence-corrected chi connectivity index (χ2v) is 3.79. The van der Waals surface area contributed by atoms with Gasteiger partial charge in [-0.05, 0) is 30.7 Å². The minimum Gasteiger partial charge on any atom is -0.380 e. The highest BCUT2D eigenvalue weighted by Gasteiger charge is 2.14. The molecule has 17 heavy (non-hydrogen) atoms. The van der Waals surface area contributed by atoms with Crippen molar-refractivity contribution in [2.24, 2.45) is 0 Å². The third-order valence-electron chi connectivity index (χ3n) is 2.33. The van der Waals surface area contributed by atoms with Gasteiger partial charge in [-0.25, -0.2) is 9.97 Å². The molecule has 1 aliphatic rings. The van der Waals surface area contributed by atoms with Crippen molar-refractivity contribution in [3.63, 3.8) is 0 Å². The number of ether oxygens (including phenoxy) is 1. The summed E-state index contributed by atoms with van der Waals surface area (Å²) in [4.78, 5) is 7.60. The lowest BCUT2D eigenvalue weighted by atomic mass is 10.2. The molecule has 3 rings (SSSR count). The van der Waals surface area contributed by atoms with Gasteiger partial charge in [-0.15, -0.1) is 0 Å². The number of anilines is 2. The zero-order valence-electron chi connectivity index (χ0n) is 9.97. The topological polar surface area (TPSA) is 57.0 Å². The van der Waals surface area contributed by atoms with Crippen molar-refractivity contribution < 1.29 is 4.74 Å². The summed E-state index contributed by atoms with van der Waals surface area (Å²) < 4.78 is 4.98. The highest BCUT2D eigenvalue weighted by Crippen LogP contribution is 2.38. The van der Waals surface area contributed by atoms with Crippen LogP contribution in [0.5, 0.6) is 0 Å². The maximum atomic E-state index is 4.98. The van der Waals surface area contributed by atoms with Gasteiger partial charge in [0.1, 0.15) is 6.33 Å². The van der Waals surface area contributed by atoms with Gasteiger partial charge >= 0.3 is 0 Å². The van der Waals surface area contributed by atoms with E-state index in [1.54, 1.807) is 13.3 Å². The first-order valence-corrected chi connectivity index (χ1v) is 5.41. The molecular weight excluding hydrogens is 214 g/mol. The van der Waals surface area contributed by atoms with Crippen LogP contribution in [0.15, 0.2) is 36.8 Å². The van der Waals surface area contributed by atoms with Crippen LogP contribution < -0.4 is 5.32 Å². The Balaban J connectivity index is 0.000000136. The normalized spacial score (nSPS) is 10.7. The lowest BCUT2D eigenvalue weighted by Gasteiger charge is -1.94. The largest absolute Gasteiger partial charge is 0.380 e. The average molecular weight is 229 g/mol. The minimum atomic E-state index is 0.703. The highest BCUT2D eigenvalue weighted by molar-refractivity contribution is 5.90. The van der Waals surface area contributed by atoms with Gasteiger partial charge in [0.2, 0.25) is 0 Å². The van der Waals surface area contributed by atoms with Gasteiger partial charge in [0, 0.05) is 19.0 Å². The Bertz CT molecular complexity index is 485. The molecule has 0 atom stereocenters. The van der Waals surface area contributed by atoms with E-state index < -0.39 is 0 Å². The van der Waals surface area contributed by atoms with Crippen LogP contribution in [0.2, 0.25) is 0 Å². The lowest BCUT2D eigenvalue weighted by molar-refractivity contribution is 0.185. The van der Waals surface area contributed by atoms with Gasteiger partial charge in [-0.1, -0.05) is 6.07 Å². The highest BCUT2D eigenvalue weighted by atomic mass is 16.5. The molecule has 2 heterocycles. The number of methoxy groups -OCH3 is 1. The van der Waals surface area contributed by atoms with Crippen LogP contribution in [0.3, 0.4) is 0 Å². The first-order valence-electron chi connectivity index (χ1n) is 5.41. The summed E-state index contributed by atoms with van der Waals surface area (Å²) in [5.41, 5.74) is 4.73. The van der Waals surface area contributed by atoms with Crippen LogP contribution in [0.25, 0.3) is 0 Å². The number of rotatable bonds is 2. The first-order chi connectivity index (χ1) is 8.29. The van der Waals surface area contributed by atoms with Gasteiger partial charge in [0.25, 0.3) is 0 Å². The van der Waals surface area contributed by atoms with E-state index in [9.17, 15) is 0 Å². The number of hydrogen-bond donors (Lipinski definition) is 1. The third-order valence-corrected chi connectivity index (χ3v) is 2.33. The number of benzene rings is 1. The van der Waals surface area contributed by atoms with E-state index in [2.05, 4.69) is 33.5 Å². The SMILES string of the molecule is COCc1ccc2c(c1)N2.Cc1ccncn1. The maximum Gasteiger partial charge on any atom is 0.115 e. The van der Waals surface area contributed by atoms with E-state index in [1.807, 2.05) is 13.0 Å². The quantitative estimate of drug-likeness (QED) is 0.686. The molecule has 0 saturated carbocycles. The zero-order valence-corrected chi connectivity index (χ0v) is 9.97. The van der Waals surface area contributed by atoms with Gasteiger partial charge in [0.05, 0.1) is 18.0 Å². The van der Waals surface area contributed by atoms with Crippen molar-refractivity contribution in [2.75, 3.05) is 12.4 Å². The summed E-state index contributed by atoms with van der Waals surface area (Å²) in [6, 6.07) is 8.12. The van der Waals surface area contributed by atoms with Crippen LogP contribution >= 0.6 is 0 Å². The molecule has 0 aliphatic carbocycles. The smallest absolute Gasteiger partial charge is 0.115 e. The Morgan fingerprint density at radius 1 is 1.24 bits per heavy atom. The number of nitrogens with one attached hydrogen (secondary N) is 1. The Hall–Kier alpha value is -1.94. The number of aromatic nitrogens is 2. The second-order valence-electron chi connectivity index (χ2n) is 3.79. The van der Waals surface area contributed by atoms with E-state index in [0.29, 0.717) is 6.61 Å². The molecule has 2 aromatic rings. The number of hydrogen-bond acceptors (Lipinski definition) is 4. The monoisotopic (exact) mass is 229 g/mol. The van der Waals surface area contributed by atoms with Crippen LogP contribution in [-0.4, -0.2) is 17.1 Å². The predicted octanol–water partition coefficient (Wildman–Crippen LogP) is 2.68. The van der Waals surface area contributed by atoms with Crippen molar-refractivity contribution in [3.8, 4) is 0 Å². The first kappa shape index (κ1) is 11.5. The van der Waals surface area contributed by atoms with Crippen LogP contribution in [0.4, 0.5) is 11.4 Å². The molecule has 0 spiro atoms. The van der Waals surface area contributed by atoms with E-state index in [0.717, 1.165) is 5.69 Å². The molecular formula is C13H15N3O. The van der Waals surface area contributed by atoms with Crippen molar-refractivity contribution in [2.45, 2.75) is 13.5 Å². The van der Waals surface area contributed by atoms with Crippen molar-refractivity contribution in [3.05, 3.63) is 48.0 Å². The van der Waals surface area contributed by atoms with Crippen molar-refractivity contribution in [1.29, 1.82) is 0 Å². The molecule has 1 aromatic heterocycles. The zero-order chi connectivity index (χ0) is 12.1. The van der Waals surface area contributed by atoms with Crippen LogP contribution in [0, 0.1) is 6.92 Å². The molecule has 1 N–H and O–H groups in total. The van der Waals surface area contributed by atoms with Crippen molar-refractivity contribution >= 4 is 11.4 Å². The molecule has 4 heteroatoms. The minimum absolute atomic E-state index is 0.703. The molecule has 0 fully saturated rings. The summed E-state index contributed by atoms with van der Waals surface area (Å²) in [7, 11) is 1.71. The summed E-state index contributed by atoms with van der Waals surface area (Å²) in [6.07, 6.45) is 3.26. The van der Waals surface area contributed by atoms with Gasteiger partial charge in [0.15, 0.2) is 0 Å². The van der Waals surface area contributed by atoms with Crippen molar-refractivity contribution in [1.82, 2.24) is 9.97 Å². The standard InChI is InChI=1S/C8H9NO.C5H6N2/c1-10-5-6-2-3-7-8(4-6)9-7;1-5-2-3-6-4-7-5/h2-4,9H,5H2,1H3;2-4H,1H3. The van der Waals surface area contributed by atoms with E-state index in [1.165, 1.54) is 23.3 Å². The summed E-state index contributed by atoms with van der Waals surface area (Å²) >= 11 is 0. The van der Waals surface area contributed by atoms with Gasteiger partial charge < -0.3 is 10.1 Å². The molecule has 0 amide bonds. The number of aryl methyl sites for hydroxylation is 1. The Kier molecular flexibility index (Phi) is 3.67. The molecule has 0 bridgehead atoms. The Morgan fingerprint density at radius 3 is 2.65 bits per heavy atom. The maximum absolute atomic E-state index is 4.98. The fourth-order valence-electron chi connectivity index (χ4n) is 1.40. The summed E-state index contributed by atoms with van der Waals surface area (Å²) in [5.74, 6) is 0. The summed E-state index contributed by atoms with van der Waals surface area (Å²) in [6.45, 7) is 2.64. The Labute approximate surface area is 101 Å². The molecule has 4 nitrogen and oxygen atoms in total. The molecule has 88 valence electrons. The predicted molar refractivity (Wildman–Crippen MR) is 67.2 cm³/mol. The Morgan fingerprint density at radius 2 is 2.12 bits per heavy atom.